The molecule has 0 saturated carbocycles. The number of hydrogen-bond acceptors (Lipinski definition) is 3. The lowest BCUT2D eigenvalue weighted by atomic mass is 10.0. The van der Waals surface area contributed by atoms with Gasteiger partial charge in [-0.25, -0.2) is 4.39 Å². The van der Waals surface area contributed by atoms with E-state index in [4.69, 9.17) is 5.11 Å². The van der Waals surface area contributed by atoms with Crippen LogP contribution in [0, 0.1) is 12.7 Å². The Morgan fingerprint density at radius 2 is 2.11 bits per heavy atom. The van der Waals surface area contributed by atoms with E-state index in [1.807, 2.05) is 19.2 Å². The summed E-state index contributed by atoms with van der Waals surface area (Å²) in [7, 11) is 1.89. The number of hydrogen-bond donors (Lipinski definition) is 2. The summed E-state index contributed by atoms with van der Waals surface area (Å²) < 4.78 is 13.6. The highest BCUT2D eigenvalue weighted by Crippen LogP contribution is 2.19. The first-order chi connectivity index (χ1) is 9.12. The van der Waals surface area contributed by atoms with Crippen molar-refractivity contribution in [2.24, 2.45) is 0 Å². The summed E-state index contributed by atoms with van der Waals surface area (Å²) in [6, 6.07) is 5.55. The van der Waals surface area contributed by atoms with Gasteiger partial charge >= 0.3 is 0 Å². The zero-order chi connectivity index (χ0) is 14.3. The van der Waals surface area contributed by atoms with Gasteiger partial charge in [0.25, 0.3) is 0 Å². The van der Waals surface area contributed by atoms with Crippen LogP contribution in [0.2, 0.25) is 0 Å². The highest BCUT2D eigenvalue weighted by molar-refractivity contribution is 5.25. The van der Waals surface area contributed by atoms with Crippen LogP contribution in [0.1, 0.15) is 30.5 Å². The molecule has 0 spiro atoms. The van der Waals surface area contributed by atoms with Crippen molar-refractivity contribution >= 4 is 0 Å². The maximum Gasteiger partial charge on any atom is 0.126 e. The Hall–Kier alpha value is -0.970. The highest BCUT2D eigenvalue weighted by Gasteiger charge is 2.12. The molecule has 0 aliphatic rings. The van der Waals surface area contributed by atoms with E-state index in [1.54, 1.807) is 13.0 Å². The molecule has 0 radical (unpaired) electrons. The topological polar surface area (TPSA) is 35.5 Å². The molecular formula is C15H25FN2O. The number of rotatable bonds is 8. The maximum absolute atomic E-state index is 13.6. The van der Waals surface area contributed by atoms with Crippen LogP contribution >= 0.6 is 0 Å². The van der Waals surface area contributed by atoms with E-state index >= 15 is 0 Å². The van der Waals surface area contributed by atoms with Gasteiger partial charge < -0.3 is 15.3 Å². The normalized spacial score (nSPS) is 12.9. The van der Waals surface area contributed by atoms with Gasteiger partial charge in [0.1, 0.15) is 5.82 Å². The van der Waals surface area contributed by atoms with Crippen molar-refractivity contribution in [3.63, 3.8) is 0 Å². The number of aryl methyl sites for hydroxylation is 1. The Morgan fingerprint density at radius 3 is 2.63 bits per heavy atom. The van der Waals surface area contributed by atoms with Gasteiger partial charge in [0.15, 0.2) is 0 Å². The van der Waals surface area contributed by atoms with E-state index < -0.39 is 0 Å². The first kappa shape index (κ1) is 16.1. The van der Waals surface area contributed by atoms with Crippen LogP contribution in [0.5, 0.6) is 0 Å². The molecule has 0 heterocycles. The number of aliphatic hydroxyl groups excluding tert-OH is 1. The molecule has 19 heavy (non-hydrogen) atoms. The summed E-state index contributed by atoms with van der Waals surface area (Å²) in [6.45, 7) is 6.52. The zero-order valence-corrected chi connectivity index (χ0v) is 12.1. The predicted octanol–water partition coefficient (Wildman–Crippen LogP) is 2.10. The lowest BCUT2D eigenvalue weighted by Gasteiger charge is -2.23. The summed E-state index contributed by atoms with van der Waals surface area (Å²) in [6.07, 6.45) is 0.896. The molecule has 1 aromatic carbocycles. The summed E-state index contributed by atoms with van der Waals surface area (Å²) in [5, 5.41) is 12.2. The maximum atomic E-state index is 13.6. The highest BCUT2D eigenvalue weighted by atomic mass is 19.1. The minimum Gasteiger partial charge on any atom is -0.395 e. The molecule has 1 aromatic rings. The van der Waals surface area contributed by atoms with E-state index in [1.165, 1.54) is 0 Å². The third-order valence-corrected chi connectivity index (χ3v) is 3.54. The predicted molar refractivity (Wildman–Crippen MR) is 76.8 cm³/mol. The first-order valence-electron chi connectivity index (χ1n) is 6.88. The fourth-order valence-electron chi connectivity index (χ4n) is 2.18. The van der Waals surface area contributed by atoms with Crippen molar-refractivity contribution in [1.29, 1.82) is 0 Å². The Morgan fingerprint density at radius 1 is 1.37 bits per heavy atom. The monoisotopic (exact) mass is 268 g/mol. The molecule has 0 aliphatic carbocycles. The Balaban J connectivity index is 2.64. The number of nitrogens with zero attached hydrogens (tertiary/aromatic N) is 1. The van der Waals surface area contributed by atoms with E-state index in [0.29, 0.717) is 12.1 Å². The molecule has 0 aliphatic heterocycles. The van der Waals surface area contributed by atoms with Crippen LogP contribution < -0.4 is 5.32 Å². The number of benzene rings is 1. The van der Waals surface area contributed by atoms with Crippen LogP contribution in [-0.4, -0.2) is 43.3 Å². The van der Waals surface area contributed by atoms with Crippen molar-refractivity contribution < 1.29 is 9.50 Å². The molecule has 108 valence electrons. The van der Waals surface area contributed by atoms with Gasteiger partial charge in [-0.2, -0.15) is 0 Å². The summed E-state index contributed by atoms with van der Waals surface area (Å²) in [4.78, 5) is 2.19. The fraction of sp³-hybridized carbons (Fsp3) is 0.600. The molecule has 0 bridgehead atoms. The first-order valence-corrected chi connectivity index (χ1v) is 6.88. The van der Waals surface area contributed by atoms with E-state index in [2.05, 4.69) is 17.1 Å². The lowest BCUT2D eigenvalue weighted by molar-refractivity contribution is 0.196. The van der Waals surface area contributed by atoms with Gasteiger partial charge in [-0.1, -0.05) is 19.1 Å². The minimum absolute atomic E-state index is 0.142. The number of aliphatic hydroxyl groups is 1. The second-order valence-electron chi connectivity index (χ2n) is 4.80. The lowest BCUT2D eigenvalue weighted by Crippen LogP contribution is -2.30. The average Bonchev–Trinajstić information content (AvgIpc) is 2.42. The van der Waals surface area contributed by atoms with Crippen molar-refractivity contribution in [3.05, 3.63) is 35.1 Å². The molecule has 4 heteroatoms. The molecule has 1 rings (SSSR count). The minimum atomic E-state index is -0.152. The Bertz CT molecular complexity index is 384. The summed E-state index contributed by atoms with van der Waals surface area (Å²) in [5.74, 6) is -0.152. The smallest absolute Gasteiger partial charge is 0.126 e. The third kappa shape index (κ3) is 4.90. The van der Waals surface area contributed by atoms with Crippen molar-refractivity contribution in [2.45, 2.75) is 26.3 Å². The molecule has 0 amide bonds. The van der Waals surface area contributed by atoms with Gasteiger partial charge in [-0.3, -0.25) is 0 Å². The molecular weight excluding hydrogens is 243 g/mol. The summed E-state index contributed by atoms with van der Waals surface area (Å²) >= 11 is 0. The number of likely N-dealkylation sites (N-methyl/N-ethyl adjacent to an activating group) is 1. The molecule has 0 saturated heterocycles. The van der Waals surface area contributed by atoms with Crippen molar-refractivity contribution in [3.8, 4) is 0 Å². The number of nitrogens with one attached hydrogen (secondary N) is 1. The van der Waals surface area contributed by atoms with Gasteiger partial charge in [-0.05, 0) is 44.1 Å². The SMILES string of the molecule is CCN(CCO)CCC(NC)c1ccc(C)c(F)c1. The largest absolute Gasteiger partial charge is 0.395 e. The standard InChI is InChI=1S/C15H25FN2O/c1-4-18(9-10-19)8-7-15(17-3)13-6-5-12(2)14(16)11-13/h5-6,11,15,17,19H,4,7-10H2,1-3H3. The van der Waals surface area contributed by atoms with Gasteiger partial charge in [-0.15, -0.1) is 0 Å². The van der Waals surface area contributed by atoms with E-state index in [-0.39, 0.29) is 18.5 Å². The second-order valence-corrected chi connectivity index (χ2v) is 4.80. The van der Waals surface area contributed by atoms with Gasteiger partial charge in [0.05, 0.1) is 6.61 Å². The van der Waals surface area contributed by atoms with Gasteiger partial charge in [0.2, 0.25) is 0 Å². The molecule has 0 aromatic heterocycles. The average molecular weight is 268 g/mol. The Kier molecular flexibility index (Phi) is 6.99. The van der Waals surface area contributed by atoms with Crippen LogP contribution in [0.3, 0.4) is 0 Å². The van der Waals surface area contributed by atoms with E-state index in [9.17, 15) is 4.39 Å². The zero-order valence-electron chi connectivity index (χ0n) is 12.1. The van der Waals surface area contributed by atoms with Crippen molar-refractivity contribution in [2.75, 3.05) is 33.3 Å². The van der Waals surface area contributed by atoms with Crippen LogP contribution in [0.25, 0.3) is 0 Å². The van der Waals surface area contributed by atoms with Crippen LogP contribution in [0.4, 0.5) is 4.39 Å². The van der Waals surface area contributed by atoms with Crippen LogP contribution in [0.15, 0.2) is 18.2 Å². The molecule has 2 N–H and O–H groups in total. The fourth-order valence-corrected chi connectivity index (χ4v) is 2.18. The second kappa shape index (κ2) is 8.25. The number of halogens is 1. The third-order valence-electron chi connectivity index (χ3n) is 3.54. The Labute approximate surface area is 115 Å². The molecule has 3 nitrogen and oxygen atoms in total. The molecule has 0 fully saturated rings. The molecule has 1 unspecified atom stereocenters. The van der Waals surface area contributed by atoms with E-state index in [0.717, 1.165) is 25.1 Å². The van der Waals surface area contributed by atoms with Crippen molar-refractivity contribution in [1.82, 2.24) is 10.2 Å². The van der Waals surface area contributed by atoms with Gasteiger partial charge in [0, 0.05) is 19.1 Å². The quantitative estimate of drug-likeness (QED) is 0.758. The summed E-state index contributed by atoms with van der Waals surface area (Å²) in [5.41, 5.74) is 1.65. The molecule has 1 atom stereocenters. The van der Waals surface area contributed by atoms with Crippen LogP contribution in [-0.2, 0) is 0 Å².